The third kappa shape index (κ3) is 3.19. The standard InChI is InChI=1S/C16H20F3N5O2/c1-10(2)9-24-14(26)22-12(25)15(24)4-7-23(8-5-15)13-20-6-3-11(21-13)16(17,18)19/h3,6,10H,4-5,7-9H2,1-2H3,(H,22,25,26). The lowest BCUT2D eigenvalue weighted by molar-refractivity contribution is -0.141. The monoisotopic (exact) mass is 371 g/mol. The van der Waals surface area contributed by atoms with Gasteiger partial charge in [-0.1, -0.05) is 13.8 Å². The van der Waals surface area contributed by atoms with E-state index in [0.29, 0.717) is 19.4 Å². The van der Waals surface area contributed by atoms with E-state index in [9.17, 15) is 22.8 Å². The highest BCUT2D eigenvalue weighted by atomic mass is 19.4. The molecule has 2 saturated heterocycles. The number of carbonyl (C=O) groups is 2. The molecule has 10 heteroatoms. The SMILES string of the molecule is CC(C)CN1C(=O)NC(=O)C12CCN(c1nccc(C(F)(F)F)n1)CC2. The molecule has 0 atom stereocenters. The minimum Gasteiger partial charge on any atom is -0.341 e. The van der Waals surface area contributed by atoms with Gasteiger partial charge in [0.15, 0.2) is 0 Å². The van der Waals surface area contributed by atoms with Crippen LogP contribution in [0.15, 0.2) is 12.3 Å². The maximum absolute atomic E-state index is 12.8. The lowest BCUT2D eigenvalue weighted by Crippen LogP contribution is -2.57. The Morgan fingerprint density at radius 2 is 1.92 bits per heavy atom. The van der Waals surface area contributed by atoms with Crippen LogP contribution < -0.4 is 10.2 Å². The molecular formula is C16H20F3N5O2. The Labute approximate surface area is 148 Å². The summed E-state index contributed by atoms with van der Waals surface area (Å²) >= 11 is 0. The van der Waals surface area contributed by atoms with E-state index < -0.39 is 23.4 Å². The number of anilines is 1. The van der Waals surface area contributed by atoms with Crippen molar-refractivity contribution in [1.82, 2.24) is 20.2 Å². The van der Waals surface area contributed by atoms with Gasteiger partial charge < -0.3 is 9.80 Å². The van der Waals surface area contributed by atoms with Crippen LogP contribution in [0.4, 0.5) is 23.9 Å². The van der Waals surface area contributed by atoms with Crippen LogP contribution in [0.3, 0.4) is 0 Å². The second-order valence-electron chi connectivity index (χ2n) is 7.02. The van der Waals surface area contributed by atoms with Crippen molar-refractivity contribution in [3.05, 3.63) is 18.0 Å². The maximum atomic E-state index is 12.8. The number of alkyl halides is 3. The number of amides is 3. The normalized spacial score (nSPS) is 20.2. The summed E-state index contributed by atoms with van der Waals surface area (Å²) in [6.07, 6.45) is -2.83. The molecule has 0 unspecified atom stereocenters. The summed E-state index contributed by atoms with van der Waals surface area (Å²) in [6.45, 7) is 4.93. The number of aromatic nitrogens is 2. The average molecular weight is 371 g/mol. The summed E-state index contributed by atoms with van der Waals surface area (Å²) in [6, 6.07) is 0.412. The van der Waals surface area contributed by atoms with Crippen molar-refractivity contribution in [3.63, 3.8) is 0 Å². The third-order valence-corrected chi connectivity index (χ3v) is 4.76. The third-order valence-electron chi connectivity index (χ3n) is 4.76. The number of carbonyl (C=O) groups excluding carboxylic acids is 2. The molecule has 1 aromatic heterocycles. The molecule has 2 fully saturated rings. The van der Waals surface area contributed by atoms with Gasteiger partial charge in [-0.25, -0.2) is 14.8 Å². The first kappa shape index (κ1) is 18.4. The fraction of sp³-hybridized carbons (Fsp3) is 0.625. The first-order chi connectivity index (χ1) is 12.1. The summed E-state index contributed by atoms with van der Waals surface area (Å²) in [5.41, 5.74) is -1.95. The van der Waals surface area contributed by atoms with Crippen molar-refractivity contribution in [3.8, 4) is 0 Å². The Hall–Kier alpha value is -2.39. The summed E-state index contributed by atoms with van der Waals surface area (Å²) in [5.74, 6) is -0.170. The number of halogens is 3. The maximum Gasteiger partial charge on any atom is 0.433 e. The minimum absolute atomic E-state index is 0.0187. The molecule has 3 amide bonds. The number of nitrogens with zero attached hydrogens (tertiary/aromatic N) is 4. The molecule has 0 bridgehead atoms. The Bertz CT molecular complexity index is 714. The van der Waals surface area contributed by atoms with Gasteiger partial charge >= 0.3 is 12.2 Å². The minimum atomic E-state index is -4.54. The van der Waals surface area contributed by atoms with Crippen molar-refractivity contribution < 1.29 is 22.8 Å². The Morgan fingerprint density at radius 3 is 2.50 bits per heavy atom. The molecule has 2 aliphatic heterocycles. The zero-order valence-corrected chi connectivity index (χ0v) is 14.5. The van der Waals surface area contributed by atoms with Crippen LogP contribution in [0.25, 0.3) is 0 Å². The molecule has 142 valence electrons. The van der Waals surface area contributed by atoms with Crippen LogP contribution >= 0.6 is 0 Å². The van der Waals surface area contributed by atoms with Crippen molar-refractivity contribution in [2.75, 3.05) is 24.5 Å². The molecule has 2 aliphatic rings. The van der Waals surface area contributed by atoms with Crippen LogP contribution in [-0.4, -0.2) is 52.0 Å². The lowest BCUT2D eigenvalue weighted by Gasteiger charge is -2.42. The van der Waals surface area contributed by atoms with Gasteiger partial charge in [0.1, 0.15) is 11.2 Å². The number of imide groups is 1. The summed E-state index contributed by atoms with van der Waals surface area (Å²) < 4.78 is 38.5. The van der Waals surface area contributed by atoms with E-state index >= 15 is 0 Å². The smallest absolute Gasteiger partial charge is 0.341 e. The number of piperidine rings is 1. The highest BCUT2D eigenvalue weighted by Gasteiger charge is 2.54. The quantitative estimate of drug-likeness (QED) is 0.823. The van der Waals surface area contributed by atoms with E-state index in [1.54, 1.807) is 9.80 Å². The Balaban J connectivity index is 1.78. The van der Waals surface area contributed by atoms with Crippen molar-refractivity contribution in [1.29, 1.82) is 0 Å². The van der Waals surface area contributed by atoms with Gasteiger partial charge in [-0.15, -0.1) is 0 Å². The van der Waals surface area contributed by atoms with Crippen LogP contribution in [-0.2, 0) is 11.0 Å². The van der Waals surface area contributed by atoms with E-state index in [0.717, 1.165) is 12.3 Å². The number of urea groups is 1. The molecule has 26 heavy (non-hydrogen) atoms. The molecule has 0 radical (unpaired) electrons. The van der Waals surface area contributed by atoms with Gasteiger partial charge in [-0.3, -0.25) is 10.1 Å². The lowest BCUT2D eigenvalue weighted by atomic mass is 9.85. The molecule has 1 spiro atoms. The zero-order chi connectivity index (χ0) is 19.1. The van der Waals surface area contributed by atoms with Crippen LogP contribution in [0.5, 0.6) is 0 Å². The molecule has 1 aromatic rings. The van der Waals surface area contributed by atoms with Crippen LogP contribution in [0, 0.1) is 5.92 Å². The summed E-state index contributed by atoms with van der Waals surface area (Å²) in [5, 5.41) is 2.37. The van der Waals surface area contributed by atoms with Gasteiger partial charge in [0.25, 0.3) is 5.91 Å². The first-order valence-electron chi connectivity index (χ1n) is 8.42. The van der Waals surface area contributed by atoms with Crippen LogP contribution in [0.2, 0.25) is 0 Å². The molecule has 0 saturated carbocycles. The molecular weight excluding hydrogens is 351 g/mol. The molecule has 3 heterocycles. The topological polar surface area (TPSA) is 78.4 Å². The highest BCUT2D eigenvalue weighted by molar-refractivity contribution is 6.07. The van der Waals surface area contributed by atoms with E-state index in [2.05, 4.69) is 15.3 Å². The fourth-order valence-electron chi connectivity index (χ4n) is 3.45. The van der Waals surface area contributed by atoms with Crippen LogP contribution in [0.1, 0.15) is 32.4 Å². The number of hydrogen-bond acceptors (Lipinski definition) is 5. The van der Waals surface area contributed by atoms with Crippen molar-refractivity contribution >= 4 is 17.9 Å². The Morgan fingerprint density at radius 1 is 1.27 bits per heavy atom. The second kappa shape index (κ2) is 6.40. The van der Waals surface area contributed by atoms with E-state index in [-0.39, 0.29) is 30.9 Å². The highest BCUT2D eigenvalue weighted by Crippen LogP contribution is 2.35. The van der Waals surface area contributed by atoms with E-state index in [1.807, 2.05) is 13.8 Å². The number of hydrogen-bond donors (Lipinski definition) is 1. The average Bonchev–Trinajstić information content (AvgIpc) is 2.79. The van der Waals surface area contributed by atoms with E-state index in [4.69, 9.17) is 0 Å². The predicted octanol–water partition coefficient (Wildman–Crippen LogP) is 2.04. The molecule has 3 rings (SSSR count). The largest absolute Gasteiger partial charge is 0.433 e. The molecule has 0 aromatic carbocycles. The first-order valence-corrected chi connectivity index (χ1v) is 8.42. The van der Waals surface area contributed by atoms with Gasteiger partial charge in [0.2, 0.25) is 5.95 Å². The van der Waals surface area contributed by atoms with Gasteiger partial charge in [0.05, 0.1) is 0 Å². The predicted molar refractivity (Wildman–Crippen MR) is 86.3 cm³/mol. The Kier molecular flexibility index (Phi) is 4.53. The van der Waals surface area contributed by atoms with Gasteiger partial charge in [0, 0.05) is 25.8 Å². The number of nitrogens with one attached hydrogen (secondary N) is 1. The van der Waals surface area contributed by atoms with Gasteiger partial charge in [-0.05, 0) is 24.8 Å². The van der Waals surface area contributed by atoms with Crippen molar-refractivity contribution in [2.24, 2.45) is 5.92 Å². The molecule has 1 N–H and O–H groups in total. The van der Waals surface area contributed by atoms with Crippen molar-refractivity contribution in [2.45, 2.75) is 38.4 Å². The molecule has 7 nitrogen and oxygen atoms in total. The second-order valence-corrected chi connectivity index (χ2v) is 7.02. The summed E-state index contributed by atoms with van der Waals surface area (Å²) in [4.78, 5) is 35.2. The summed E-state index contributed by atoms with van der Waals surface area (Å²) in [7, 11) is 0. The molecule has 0 aliphatic carbocycles. The fourth-order valence-corrected chi connectivity index (χ4v) is 3.45. The zero-order valence-electron chi connectivity index (χ0n) is 14.5. The van der Waals surface area contributed by atoms with Gasteiger partial charge in [-0.2, -0.15) is 13.2 Å². The number of rotatable bonds is 3. The van der Waals surface area contributed by atoms with E-state index in [1.165, 1.54) is 0 Å².